The first-order valence-electron chi connectivity index (χ1n) is 8.52. The summed E-state index contributed by atoms with van der Waals surface area (Å²) in [6.45, 7) is 8.96. The molecule has 0 N–H and O–H groups in total. The molecule has 1 aliphatic heterocycles. The molecule has 1 fully saturated rings. The molecule has 3 heteroatoms. The van der Waals surface area contributed by atoms with E-state index in [4.69, 9.17) is 9.16 Å². The molecule has 0 saturated carbocycles. The highest BCUT2D eigenvalue weighted by Gasteiger charge is 2.28. The molecule has 0 aromatic heterocycles. The van der Waals surface area contributed by atoms with Crippen LogP contribution in [0.1, 0.15) is 65.7 Å². The van der Waals surface area contributed by atoms with Gasteiger partial charge in [0.15, 0.2) is 8.32 Å². The van der Waals surface area contributed by atoms with E-state index < -0.39 is 8.32 Å². The van der Waals surface area contributed by atoms with E-state index in [1.807, 2.05) is 0 Å². The van der Waals surface area contributed by atoms with Crippen LogP contribution < -0.4 is 0 Å². The van der Waals surface area contributed by atoms with Crippen molar-refractivity contribution in [1.29, 1.82) is 0 Å². The first-order chi connectivity index (χ1) is 9.26. The first kappa shape index (κ1) is 17.2. The Morgan fingerprint density at radius 3 is 1.95 bits per heavy atom. The smallest absolute Gasteiger partial charge is 0.191 e. The molecular weight excluding hydrogens is 252 g/mol. The van der Waals surface area contributed by atoms with Crippen molar-refractivity contribution in [3.63, 3.8) is 0 Å². The quantitative estimate of drug-likeness (QED) is 0.266. The van der Waals surface area contributed by atoms with E-state index in [0.29, 0.717) is 6.10 Å². The number of unbranched alkanes of at least 4 members (excludes halogenated alkanes) is 5. The molecule has 1 unspecified atom stereocenters. The third-order valence-corrected chi connectivity index (χ3v) is 9.35. The third-order valence-electron chi connectivity index (χ3n) is 4.66. The predicted molar refractivity (Wildman–Crippen MR) is 85.2 cm³/mol. The minimum atomic E-state index is -1.32. The maximum atomic E-state index is 6.27. The van der Waals surface area contributed by atoms with Crippen LogP contribution in [-0.4, -0.2) is 27.6 Å². The Morgan fingerprint density at radius 1 is 0.895 bits per heavy atom. The molecule has 0 aliphatic carbocycles. The van der Waals surface area contributed by atoms with Crippen LogP contribution in [0.3, 0.4) is 0 Å². The van der Waals surface area contributed by atoms with E-state index in [9.17, 15) is 0 Å². The SMILES string of the molecule is CC[Si](CC)(CC)OCCCCCCCCC1CO1. The molecule has 19 heavy (non-hydrogen) atoms. The number of hydrogen-bond acceptors (Lipinski definition) is 2. The second-order valence-corrected chi connectivity index (χ2v) is 10.7. The molecule has 0 bridgehead atoms. The van der Waals surface area contributed by atoms with E-state index in [1.165, 1.54) is 63.1 Å². The highest BCUT2D eigenvalue weighted by molar-refractivity contribution is 6.73. The van der Waals surface area contributed by atoms with Gasteiger partial charge in [0.25, 0.3) is 0 Å². The maximum Gasteiger partial charge on any atom is 0.191 e. The summed E-state index contributed by atoms with van der Waals surface area (Å²) in [5.41, 5.74) is 0. The first-order valence-corrected chi connectivity index (χ1v) is 11.0. The van der Waals surface area contributed by atoms with Crippen LogP contribution in [0.25, 0.3) is 0 Å². The number of ether oxygens (including phenoxy) is 1. The van der Waals surface area contributed by atoms with Gasteiger partial charge in [0, 0.05) is 6.61 Å². The van der Waals surface area contributed by atoms with Crippen molar-refractivity contribution in [3.8, 4) is 0 Å². The van der Waals surface area contributed by atoms with Gasteiger partial charge in [-0.1, -0.05) is 52.9 Å². The Bertz CT molecular complexity index is 205. The van der Waals surface area contributed by atoms with Crippen molar-refractivity contribution in [1.82, 2.24) is 0 Å². The minimum absolute atomic E-state index is 0.628. The minimum Gasteiger partial charge on any atom is -0.417 e. The highest BCUT2D eigenvalue weighted by Crippen LogP contribution is 2.22. The lowest BCUT2D eigenvalue weighted by Gasteiger charge is -2.27. The average molecular weight is 287 g/mol. The molecule has 1 saturated heterocycles. The van der Waals surface area contributed by atoms with E-state index >= 15 is 0 Å². The molecular formula is C16H34O2Si. The van der Waals surface area contributed by atoms with E-state index in [-0.39, 0.29) is 0 Å². The fourth-order valence-corrected chi connectivity index (χ4v) is 5.45. The van der Waals surface area contributed by atoms with Crippen LogP contribution in [0.4, 0.5) is 0 Å². The molecule has 0 amide bonds. The van der Waals surface area contributed by atoms with Crippen LogP contribution in [0.2, 0.25) is 18.1 Å². The maximum absolute atomic E-state index is 6.27. The van der Waals surface area contributed by atoms with Crippen molar-refractivity contribution < 1.29 is 9.16 Å². The van der Waals surface area contributed by atoms with Gasteiger partial charge < -0.3 is 9.16 Å². The molecule has 1 rings (SSSR count). The molecule has 114 valence electrons. The zero-order valence-electron chi connectivity index (χ0n) is 13.4. The van der Waals surface area contributed by atoms with Gasteiger partial charge >= 0.3 is 0 Å². The fourth-order valence-electron chi connectivity index (χ4n) is 2.76. The topological polar surface area (TPSA) is 21.8 Å². The zero-order valence-corrected chi connectivity index (χ0v) is 14.4. The van der Waals surface area contributed by atoms with Crippen LogP contribution in [-0.2, 0) is 9.16 Å². The Balaban J connectivity index is 1.86. The number of epoxide rings is 1. The molecule has 0 spiro atoms. The molecule has 1 atom stereocenters. The summed E-state index contributed by atoms with van der Waals surface area (Å²) < 4.78 is 11.5. The molecule has 2 nitrogen and oxygen atoms in total. The normalized spacial score (nSPS) is 18.8. The van der Waals surface area contributed by atoms with E-state index in [0.717, 1.165) is 13.2 Å². The summed E-state index contributed by atoms with van der Waals surface area (Å²) in [6, 6.07) is 3.84. The monoisotopic (exact) mass is 286 g/mol. The summed E-state index contributed by atoms with van der Waals surface area (Å²) in [7, 11) is -1.32. The Kier molecular flexibility index (Phi) is 9.00. The standard InChI is InChI=1S/C16H34O2Si/c1-4-19(5-2,6-3)18-14-12-10-8-7-9-11-13-16-15-17-16/h16H,4-15H2,1-3H3. The van der Waals surface area contributed by atoms with Gasteiger partial charge in [-0.25, -0.2) is 0 Å². The molecule has 1 heterocycles. The summed E-state index contributed by atoms with van der Waals surface area (Å²) in [5.74, 6) is 0. The number of hydrogen-bond donors (Lipinski definition) is 0. The van der Waals surface area contributed by atoms with Crippen LogP contribution in [0.15, 0.2) is 0 Å². The molecule has 0 radical (unpaired) electrons. The Labute approximate surface area is 121 Å². The van der Waals surface area contributed by atoms with Gasteiger partial charge in [-0.3, -0.25) is 0 Å². The van der Waals surface area contributed by atoms with Crippen molar-refractivity contribution in [3.05, 3.63) is 0 Å². The fraction of sp³-hybridized carbons (Fsp3) is 1.00. The molecule has 1 aliphatic rings. The van der Waals surface area contributed by atoms with Crippen molar-refractivity contribution in [2.75, 3.05) is 13.2 Å². The van der Waals surface area contributed by atoms with Gasteiger partial charge in [-0.05, 0) is 31.0 Å². The van der Waals surface area contributed by atoms with Gasteiger partial charge in [0.05, 0.1) is 12.7 Å². The summed E-state index contributed by atoms with van der Waals surface area (Å²) in [4.78, 5) is 0. The second kappa shape index (κ2) is 9.95. The zero-order chi connectivity index (χ0) is 14.0. The highest BCUT2D eigenvalue weighted by atomic mass is 28.4. The van der Waals surface area contributed by atoms with Gasteiger partial charge in [-0.2, -0.15) is 0 Å². The lowest BCUT2D eigenvalue weighted by molar-refractivity contribution is 0.287. The summed E-state index contributed by atoms with van der Waals surface area (Å²) >= 11 is 0. The largest absolute Gasteiger partial charge is 0.417 e. The van der Waals surface area contributed by atoms with Crippen molar-refractivity contribution in [2.24, 2.45) is 0 Å². The van der Waals surface area contributed by atoms with Crippen LogP contribution in [0.5, 0.6) is 0 Å². The van der Waals surface area contributed by atoms with Crippen LogP contribution in [0, 0.1) is 0 Å². The van der Waals surface area contributed by atoms with Gasteiger partial charge in [-0.15, -0.1) is 0 Å². The summed E-state index contributed by atoms with van der Waals surface area (Å²) in [5, 5.41) is 0. The molecule has 0 aromatic rings. The Hall–Kier alpha value is 0.137. The summed E-state index contributed by atoms with van der Waals surface area (Å²) in [6.07, 6.45) is 10.1. The Morgan fingerprint density at radius 2 is 1.42 bits per heavy atom. The van der Waals surface area contributed by atoms with Crippen molar-refractivity contribution in [2.45, 2.75) is 90.0 Å². The van der Waals surface area contributed by atoms with Crippen molar-refractivity contribution >= 4 is 8.32 Å². The lowest BCUT2D eigenvalue weighted by Crippen LogP contribution is -2.36. The second-order valence-electron chi connectivity index (χ2n) is 5.96. The van der Waals surface area contributed by atoms with E-state index in [2.05, 4.69) is 20.8 Å². The van der Waals surface area contributed by atoms with Crippen LogP contribution >= 0.6 is 0 Å². The number of rotatable bonds is 13. The molecule has 0 aromatic carbocycles. The average Bonchev–Trinajstić information content (AvgIpc) is 3.26. The predicted octanol–water partition coefficient (Wildman–Crippen LogP) is 5.14. The van der Waals surface area contributed by atoms with Gasteiger partial charge in [0.2, 0.25) is 0 Å². The van der Waals surface area contributed by atoms with E-state index in [1.54, 1.807) is 0 Å². The third kappa shape index (κ3) is 7.47. The van der Waals surface area contributed by atoms with Gasteiger partial charge in [0.1, 0.15) is 0 Å². The lowest BCUT2D eigenvalue weighted by atomic mass is 10.1.